The molecular weight excluding hydrogens is 376 g/mol. The summed E-state index contributed by atoms with van der Waals surface area (Å²) < 4.78 is 3.69. The summed E-state index contributed by atoms with van der Waals surface area (Å²) in [5.74, 6) is 0.0341. The number of aryl methyl sites for hydroxylation is 3. The highest BCUT2D eigenvalue weighted by atomic mass is 16.1. The van der Waals surface area contributed by atoms with Crippen molar-refractivity contribution in [3.63, 3.8) is 0 Å². The summed E-state index contributed by atoms with van der Waals surface area (Å²) in [6, 6.07) is 10.6. The Morgan fingerprint density at radius 3 is 2.73 bits per heavy atom. The third-order valence-electron chi connectivity index (χ3n) is 5.58. The van der Waals surface area contributed by atoms with E-state index in [-0.39, 0.29) is 11.9 Å². The van der Waals surface area contributed by atoms with E-state index in [1.54, 1.807) is 4.68 Å². The average Bonchev–Trinajstić information content (AvgIpc) is 3.22. The van der Waals surface area contributed by atoms with Crippen molar-refractivity contribution >= 4 is 28.2 Å². The molecule has 1 unspecified atom stereocenters. The van der Waals surface area contributed by atoms with Crippen LogP contribution in [0.5, 0.6) is 0 Å². The van der Waals surface area contributed by atoms with Gasteiger partial charge in [-0.15, -0.1) is 0 Å². The lowest BCUT2D eigenvalue weighted by molar-refractivity contribution is -0.116. The van der Waals surface area contributed by atoms with Crippen molar-refractivity contribution in [1.29, 1.82) is 0 Å². The largest absolute Gasteiger partial charge is 0.380 e. The van der Waals surface area contributed by atoms with Gasteiger partial charge in [0.25, 0.3) is 0 Å². The van der Waals surface area contributed by atoms with Gasteiger partial charge in [-0.05, 0) is 49.2 Å². The smallest absolute Gasteiger partial charge is 0.226 e. The number of amides is 1. The summed E-state index contributed by atoms with van der Waals surface area (Å²) in [5, 5.41) is 16.7. The summed E-state index contributed by atoms with van der Waals surface area (Å²) >= 11 is 0. The van der Waals surface area contributed by atoms with Crippen LogP contribution in [0.25, 0.3) is 33.3 Å². The molecule has 1 amide bonds. The van der Waals surface area contributed by atoms with Gasteiger partial charge in [-0.2, -0.15) is 10.2 Å². The molecule has 0 spiro atoms. The number of hydrogen-bond donors (Lipinski definition) is 2. The summed E-state index contributed by atoms with van der Waals surface area (Å²) in [6.45, 7) is 4.08. The maximum atomic E-state index is 12.2. The molecule has 1 aliphatic rings. The molecule has 7 nitrogen and oxygen atoms in total. The summed E-state index contributed by atoms with van der Waals surface area (Å²) in [5.41, 5.74) is 8.00. The second kappa shape index (κ2) is 6.73. The molecule has 0 bridgehead atoms. The van der Waals surface area contributed by atoms with E-state index < -0.39 is 0 Å². The Balaban J connectivity index is 1.72. The second-order valence-electron chi connectivity index (χ2n) is 8.14. The third kappa shape index (κ3) is 3.03. The Morgan fingerprint density at radius 1 is 1.13 bits per heavy atom. The van der Waals surface area contributed by atoms with Crippen LogP contribution in [-0.2, 0) is 18.9 Å². The molecule has 0 radical (unpaired) electrons. The fourth-order valence-electron chi connectivity index (χ4n) is 4.23. The van der Waals surface area contributed by atoms with E-state index in [1.165, 1.54) is 0 Å². The zero-order chi connectivity index (χ0) is 21.0. The first-order chi connectivity index (χ1) is 14.4. The van der Waals surface area contributed by atoms with Crippen LogP contribution < -0.4 is 10.6 Å². The minimum atomic E-state index is 0.0341. The first-order valence-electron chi connectivity index (χ1n) is 10.1. The van der Waals surface area contributed by atoms with Crippen molar-refractivity contribution in [3.8, 4) is 22.4 Å². The van der Waals surface area contributed by atoms with Crippen LogP contribution in [0, 0.1) is 6.92 Å². The van der Waals surface area contributed by atoms with Gasteiger partial charge in [0.2, 0.25) is 5.91 Å². The van der Waals surface area contributed by atoms with Crippen LogP contribution in [-0.4, -0.2) is 31.5 Å². The molecule has 30 heavy (non-hydrogen) atoms. The maximum absolute atomic E-state index is 12.2. The number of carbonyl (C=O) groups excluding carboxylic acids is 1. The predicted octanol–water partition coefficient (Wildman–Crippen LogP) is 4.09. The zero-order valence-corrected chi connectivity index (χ0v) is 17.5. The predicted molar refractivity (Wildman–Crippen MR) is 119 cm³/mol. The van der Waals surface area contributed by atoms with Crippen molar-refractivity contribution < 1.29 is 4.79 Å². The highest BCUT2D eigenvalue weighted by Crippen LogP contribution is 2.40. The molecule has 2 N–H and O–H groups in total. The molecule has 0 fully saturated rings. The maximum Gasteiger partial charge on any atom is 0.226 e. The molecular formula is C23H24N6O. The number of benzene rings is 2. The minimum Gasteiger partial charge on any atom is -0.380 e. The Labute approximate surface area is 174 Å². The molecule has 2 aromatic heterocycles. The summed E-state index contributed by atoms with van der Waals surface area (Å²) in [6.07, 6.45) is 4.26. The van der Waals surface area contributed by atoms with E-state index in [0.717, 1.165) is 50.2 Å². The number of fused-ring (bicyclic) bond motifs is 2. The third-order valence-corrected chi connectivity index (χ3v) is 5.58. The van der Waals surface area contributed by atoms with E-state index in [2.05, 4.69) is 40.0 Å². The average molecular weight is 400 g/mol. The quantitative estimate of drug-likeness (QED) is 0.531. The summed E-state index contributed by atoms with van der Waals surface area (Å²) in [4.78, 5) is 12.2. The topological polar surface area (TPSA) is 76.8 Å². The Kier molecular flexibility index (Phi) is 4.13. The number of anilines is 2. The van der Waals surface area contributed by atoms with Gasteiger partial charge < -0.3 is 10.6 Å². The molecule has 0 saturated carbocycles. The molecule has 4 aromatic rings. The van der Waals surface area contributed by atoms with Gasteiger partial charge in [0.05, 0.1) is 23.1 Å². The van der Waals surface area contributed by atoms with Crippen molar-refractivity contribution in [3.05, 3.63) is 48.3 Å². The van der Waals surface area contributed by atoms with Gasteiger partial charge in [-0.3, -0.25) is 14.2 Å². The number of carbonyl (C=O) groups is 1. The standard InChI is InChI=1S/C23H24N6O/c1-13-7-17(23-19(8-13)26-21(30)9-14(2)25-23)15-5-6-20-18(10-15)22(27-29(20)4)16-11-24-28(3)12-16/h5-8,10-12,14,25H,9H2,1-4H3,(H,26,30). The molecule has 0 saturated heterocycles. The number of nitrogens with one attached hydrogen (secondary N) is 2. The van der Waals surface area contributed by atoms with E-state index >= 15 is 0 Å². The molecule has 1 aliphatic heterocycles. The highest BCUT2D eigenvalue weighted by molar-refractivity contribution is 6.02. The van der Waals surface area contributed by atoms with Crippen LogP contribution in [0.15, 0.2) is 42.7 Å². The van der Waals surface area contributed by atoms with Gasteiger partial charge in [0, 0.05) is 49.3 Å². The van der Waals surface area contributed by atoms with E-state index in [4.69, 9.17) is 5.10 Å². The fourth-order valence-corrected chi connectivity index (χ4v) is 4.23. The van der Waals surface area contributed by atoms with Crippen LogP contribution >= 0.6 is 0 Å². The van der Waals surface area contributed by atoms with Crippen molar-refractivity contribution in [2.24, 2.45) is 14.1 Å². The molecule has 0 aliphatic carbocycles. The molecule has 3 heterocycles. The van der Waals surface area contributed by atoms with E-state index in [0.29, 0.717) is 6.42 Å². The number of rotatable bonds is 2. The molecule has 2 aromatic carbocycles. The molecule has 152 valence electrons. The normalized spacial score (nSPS) is 16.1. The molecule has 5 rings (SSSR count). The minimum absolute atomic E-state index is 0.0341. The van der Waals surface area contributed by atoms with Crippen LogP contribution in [0.1, 0.15) is 18.9 Å². The Bertz CT molecular complexity index is 1300. The fraction of sp³-hybridized carbons (Fsp3) is 0.261. The van der Waals surface area contributed by atoms with Gasteiger partial charge in [0.15, 0.2) is 0 Å². The number of nitrogens with zero attached hydrogens (tertiary/aromatic N) is 4. The van der Waals surface area contributed by atoms with E-state index in [1.807, 2.05) is 51.1 Å². The lowest BCUT2D eigenvalue weighted by Gasteiger charge is -2.18. The van der Waals surface area contributed by atoms with Crippen molar-refractivity contribution in [2.45, 2.75) is 26.3 Å². The number of aromatic nitrogens is 4. The first-order valence-corrected chi connectivity index (χ1v) is 10.1. The SMILES string of the molecule is Cc1cc2c(c(-c3ccc4c(c3)c(-c3cnn(C)c3)nn4C)c1)NC(C)CC(=O)N2. The summed E-state index contributed by atoms with van der Waals surface area (Å²) in [7, 11) is 3.86. The first kappa shape index (κ1) is 18.4. The van der Waals surface area contributed by atoms with Crippen molar-refractivity contribution in [1.82, 2.24) is 19.6 Å². The lowest BCUT2D eigenvalue weighted by Crippen LogP contribution is -2.19. The van der Waals surface area contributed by atoms with Gasteiger partial charge >= 0.3 is 0 Å². The number of hydrogen-bond acceptors (Lipinski definition) is 4. The second-order valence-corrected chi connectivity index (χ2v) is 8.14. The van der Waals surface area contributed by atoms with Gasteiger partial charge in [-0.1, -0.05) is 6.07 Å². The zero-order valence-electron chi connectivity index (χ0n) is 17.5. The van der Waals surface area contributed by atoms with Crippen LogP contribution in [0.3, 0.4) is 0 Å². The van der Waals surface area contributed by atoms with Crippen LogP contribution in [0.2, 0.25) is 0 Å². The monoisotopic (exact) mass is 400 g/mol. The van der Waals surface area contributed by atoms with E-state index in [9.17, 15) is 4.79 Å². The van der Waals surface area contributed by atoms with Gasteiger partial charge in [0.1, 0.15) is 5.69 Å². The Morgan fingerprint density at radius 2 is 1.97 bits per heavy atom. The highest BCUT2D eigenvalue weighted by Gasteiger charge is 2.22. The molecule has 1 atom stereocenters. The van der Waals surface area contributed by atoms with Crippen molar-refractivity contribution in [2.75, 3.05) is 10.6 Å². The van der Waals surface area contributed by atoms with Crippen LogP contribution in [0.4, 0.5) is 11.4 Å². The lowest BCUT2D eigenvalue weighted by atomic mass is 9.97. The van der Waals surface area contributed by atoms with Gasteiger partial charge in [-0.25, -0.2) is 0 Å². The molecule has 7 heteroatoms. The Hall–Kier alpha value is -3.61.